The van der Waals surface area contributed by atoms with Crippen molar-refractivity contribution < 1.29 is 9.53 Å². The van der Waals surface area contributed by atoms with Gasteiger partial charge in [-0.3, -0.25) is 9.89 Å². The summed E-state index contributed by atoms with van der Waals surface area (Å²) in [6.07, 6.45) is 0. The second-order valence-corrected chi connectivity index (χ2v) is 4.95. The number of thioether (sulfide) groups is 1. The fourth-order valence-electron chi connectivity index (χ4n) is 1.44. The number of carbonyl (C=O) groups excluding carboxylic acids is 1. The van der Waals surface area contributed by atoms with E-state index in [2.05, 4.69) is 20.5 Å². The molecule has 1 aromatic heterocycles. The Labute approximate surface area is 121 Å². The maximum absolute atomic E-state index is 11.6. The Morgan fingerprint density at radius 1 is 1.40 bits per heavy atom. The van der Waals surface area contributed by atoms with Gasteiger partial charge in [0.05, 0.1) is 12.3 Å². The Hall–Kier alpha value is -2.02. The molecule has 20 heavy (non-hydrogen) atoms. The summed E-state index contributed by atoms with van der Waals surface area (Å²) in [4.78, 5) is 15.7. The quantitative estimate of drug-likeness (QED) is 0.595. The number of aromatic nitrogens is 3. The number of nitrogens with zero attached hydrogens (tertiary/aromatic N) is 2. The SMILES string of the molecule is Cc1nc(SCC(=O)NCCOc2ccccc2)n[nH]1. The van der Waals surface area contributed by atoms with Crippen LogP contribution in [0, 0.1) is 6.92 Å². The second kappa shape index (κ2) is 7.54. The van der Waals surface area contributed by atoms with Gasteiger partial charge < -0.3 is 10.1 Å². The van der Waals surface area contributed by atoms with Gasteiger partial charge in [0.25, 0.3) is 0 Å². The van der Waals surface area contributed by atoms with Crippen LogP contribution in [0.15, 0.2) is 35.5 Å². The Bertz CT molecular complexity index is 544. The first-order valence-corrected chi connectivity index (χ1v) is 7.19. The van der Waals surface area contributed by atoms with Crippen molar-refractivity contribution in [2.75, 3.05) is 18.9 Å². The number of ether oxygens (including phenoxy) is 1. The van der Waals surface area contributed by atoms with Crippen LogP contribution in [-0.2, 0) is 4.79 Å². The lowest BCUT2D eigenvalue weighted by Crippen LogP contribution is -2.29. The predicted molar refractivity (Wildman–Crippen MR) is 76.8 cm³/mol. The van der Waals surface area contributed by atoms with Crippen LogP contribution in [0.1, 0.15) is 5.82 Å². The lowest BCUT2D eigenvalue weighted by Gasteiger charge is -2.06. The number of para-hydroxylation sites is 1. The van der Waals surface area contributed by atoms with Gasteiger partial charge in [0.15, 0.2) is 0 Å². The molecule has 1 heterocycles. The standard InChI is InChI=1S/C13H16N4O2S/c1-10-15-13(17-16-10)20-9-12(18)14-7-8-19-11-5-3-2-4-6-11/h2-6H,7-9H2,1H3,(H,14,18)(H,15,16,17). The van der Waals surface area contributed by atoms with Crippen LogP contribution in [0.2, 0.25) is 0 Å². The molecule has 0 spiro atoms. The Morgan fingerprint density at radius 2 is 2.20 bits per heavy atom. The molecular formula is C13H16N4O2S. The number of hydrogen-bond acceptors (Lipinski definition) is 5. The van der Waals surface area contributed by atoms with E-state index >= 15 is 0 Å². The van der Waals surface area contributed by atoms with Crippen molar-refractivity contribution in [1.82, 2.24) is 20.5 Å². The van der Waals surface area contributed by atoms with Crippen molar-refractivity contribution >= 4 is 17.7 Å². The summed E-state index contributed by atoms with van der Waals surface area (Å²) in [6, 6.07) is 9.50. The Balaban J connectivity index is 1.58. The summed E-state index contributed by atoms with van der Waals surface area (Å²) in [5.74, 6) is 1.77. The van der Waals surface area contributed by atoms with Crippen molar-refractivity contribution in [2.45, 2.75) is 12.1 Å². The van der Waals surface area contributed by atoms with E-state index in [0.29, 0.717) is 24.1 Å². The van der Waals surface area contributed by atoms with Gasteiger partial charge in [0.2, 0.25) is 11.1 Å². The molecule has 0 unspecified atom stereocenters. The molecule has 106 valence electrons. The van der Waals surface area contributed by atoms with Crippen molar-refractivity contribution in [3.8, 4) is 5.75 Å². The number of benzene rings is 1. The third-order valence-electron chi connectivity index (χ3n) is 2.35. The number of aromatic amines is 1. The highest BCUT2D eigenvalue weighted by Crippen LogP contribution is 2.11. The van der Waals surface area contributed by atoms with Crippen molar-refractivity contribution in [1.29, 1.82) is 0 Å². The molecule has 0 bridgehead atoms. The maximum Gasteiger partial charge on any atom is 0.230 e. The van der Waals surface area contributed by atoms with Gasteiger partial charge >= 0.3 is 0 Å². The van der Waals surface area contributed by atoms with Gasteiger partial charge in [-0.1, -0.05) is 30.0 Å². The first kappa shape index (κ1) is 14.4. The maximum atomic E-state index is 11.6. The molecule has 0 aliphatic rings. The summed E-state index contributed by atoms with van der Waals surface area (Å²) in [7, 11) is 0. The molecule has 2 rings (SSSR count). The van der Waals surface area contributed by atoms with Crippen LogP contribution < -0.4 is 10.1 Å². The van der Waals surface area contributed by atoms with Crippen LogP contribution in [0.5, 0.6) is 5.75 Å². The van der Waals surface area contributed by atoms with Crippen LogP contribution in [-0.4, -0.2) is 40.0 Å². The van der Waals surface area contributed by atoms with Gasteiger partial charge in [0, 0.05) is 0 Å². The third-order valence-corrected chi connectivity index (χ3v) is 3.19. The molecule has 0 fully saturated rings. The molecule has 2 N–H and O–H groups in total. The molecule has 0 aliphatic carbocycles. The normalized spacial score (nSPS) is 10.2. The van der Waals surface area contributed by atoms with E-state index in [0.717, 1.165) is 11.6 Å². The number of nitrogens with one attached hydrogen (secondary N) is 2. The topological polar surface area (TPSA) is 79.9 Å². The van der Waals surface area contributed by atoms with Gasteiger partial charge in [-0.25, -0.2) is 4.98 Å². The van der Waals surface area contributed by atoms with E-state index < -0.39 is 0 Å². The van der Waals surface area contributed by atoms with E-state index in [-0.39, 0.29) is 5.91 Å². The molecule has 2 aromatic rings. The smallest absolute Gasteiger partial charge is 0.230 e. The van der Waals surface area contributed by atoms with Crippen LogP contribution in [0.25, 0.3) is 0 Å². The minimum Gasteiger partial charge on any atom is -0.492 e. The number of hydrogen-bond donors (Lipinski definition) is 2. The molecule has 0 aliphatic heterocycles. The monoisotopic (exact) mass is 292 g/mol. The van der Waals surface area contributed by atoms with Crippen molar-refractivity contribution in [3.63, 3.8) is 0 Å². The van der Waals surface area contributed by atoms with Crippen molar-refractivity contribution in [3.05, 3.63) is 36.2 Å². The van der Waals surface area contributed by atoms with Crippen LogP contribution in [0.3, 0.4) is 0 Å². The van der Waals surface area contributed by atoms with Gasteiger partial charge in [-0.15, -0.1) is 5.10 Å². The lowest BCUT2D eigenvalue weighted by molar-refractivity contribution is -0.118. The third kappa shape index (κ3) is 4.93. The molecule has 1 amide bonds. The number of H-pyrrole nitrogens is 1. The fourth-order valence-corrected chi connectivity index (χ4v) is 2.12. The average Bonchev–Trinajstić information content (AvgIpc) is 2.88. The van der Waals surface area contributed by atoms with E-state index in [1.807, 2.05) is 37.3 Å². The van der Waals surface area contributed by atoms with Crippen LogP contribution in [0.4, 0.5) is 0 Å². The zero-order chi connectivity index (χ0) is 14.2. The Morgan fingerprint density at radius 3 is 2.90 bits per heavy atom. The predicted octanol–water partition coefficient (Wildman–Crippen LogP) is 1.40. The fraction of sp³-hybridized carbons (Fsp3) is 0.308. The molecule has 1 aromatic carbocycles. The molecule has 0 radical (unpaired) electrons. The average molecular weight is 292 g/mol. The minimum atomic E-state index is -0.0610. The minimum absolute atomic E-state index is 0.0610. The first-order chi connectivity index (χ1) is 9.74. The summed E-state index contributed by atoms with van der Waals surface area (Å²) in [5, 5.41) is 10.0. The molecular weight excluding hydrogens is 276 g/mol. The van der Waals surface area contributed by atoms with Gasteiger partial charge in [-0.2, -0.15) is 0 Å². The Kier molecular flexibility index (Phi) is 5.43. The zero-order valence-corrected chi connectivity index (χ0v) is 11.9. The molecule has 6 nitrogen and oxygen atoms in total. The first-order valence-electron chi connectivity index (χ1n) is 6.20. The summed E-state index contributed by atoms with van der Waals surface area (Å²) in [6.45, 7) is 2.74. The van der Waals surface area contributed by atoms with Crippen LogP contribution >= 0.6 is 11.8 Å². The van der Waals surface area contributed by atoms with E-state index in [4.69, 9.17) is 4.74 Å². The van der Waals surface area contributed by atoms with Gasteiger partial charge in [-0.05, 0) is 19.1 Å². The number of rotatable bonds is 7. The van der Waals surface area contributed by atoms with E-state index in [9.17, 15) is 4.79 Å². The highest BCUT2D eigenvalue weighted by molar-refractivity contribution is 7.99. The van der Waals surface area contributed by atoms with E-state index in [1.165, 1.54) is 11.8 Å². The molecule has 0 saturated heterocycles. The highest BCUT2D eigenvalue weighted by Gasteiger charge is 2.05. The van der Waals surface area contributed by atoms with E-state index in [1.54, 1.807) is 0 Å². The molecule has 0 atom stereocenters. The number of aryl methyl sites for hydroxylation is 1. The summed E-state index contributed by atoms with van der Waals surface area (Å²) < 4.78 is 5.47. The number of amides is 1. The molecule has 7 heteroatoms. The highest BCUT2D eigenvalue weighted by atomic mass is 32.2. The zero-order valence-electron chi connectivity index (χ0n) is 11.1. The van der Waals surface area contributed by atoms with Crippen molar-refractivity contribution in [2.24, 2.45) is 0 Å². The van der Waals surface area contributed by atoms with Gasteiger partial charge in [0.1, 0.15) is 18.2 Å². The number of carbonyl (C=O) groups is 1. The summed E-state index contributed by atoms with van der Waals surface area (Å²) in [5.41, 5.74) is 0. The summed E-state index contributed by atoms with van der Waals surface area (Å²) >= 11 is 1.30. The second-order valence-electron chi connectivity index (χ2n) is 4.00. The largest absolute Gasteiger partial charge is 0.492 e. The lowest BCUT2D eigenvalue weighted by atomic mass is 10.3. The molecule has 0 saturated carbocycles.